The fourth-order valence-electron chi connectivity index (χ4n) is 2.00. The van der Waals surface area contributed by atoms with Crippen LogP contribution in [0.15, 0.2) is 53.2 Å². The molecule has 0 bridgehead atoms. The van der Waals surface area contributed by atoms with Crippen LogP contribution in [0.3, 0.4) is 0 Å². The molecule has 0 radical (unpaired) electrons. The third kappa shape index (κ3) is 3.66. The first kappa shape index (κ1) is 14.2. The molecule has 0 saturated carbocycles. The van der Waals surface area contributed by atoms with Crippen molar-refractivity contribution in [2.75, 3.05) is 11.9 Å². The molecule has 0 saturated heterocycles. The monoisotopic (exact) mass is 298 g/mol. The molecule has 0 amide bonds. The largest absolute Gasteiger partial charge is 0.370 e. The molecule has 0 fully saturated rings. The van der Waals surface area contributed by atoms with Gasteiger partial charge >= 0.3 is 0 Å². The molecule has 3 rings (SSSR count). The van der Waals surface area contributed by atoms with E-state index >= 15 is 0 Å². The number of hydrogen-bond acceptors (Lipinski definition) is 5. The van der Waals surface area contributed by atoms with Crippen molar-refractivity contribution in [3.05, 3.63) is 60.4 Å². The minimum Gasteiger partial charge on any atom is -0.370 e. The third-order valence-electron chi connectivity index (χ3n) is 3.11. The Balaban J connectivity index is 1.50. The first-order valence-corrected chi connectivity index (χ1v) is 7.05. The molecule has 3 aromatic rings. The number of halogens is 1. The van der Waals surface area contributed by atoms with Crippen molar-refractivity contribution in [3.63, 3.8) is 0 Å². The number of benzene rings is 1. The molecule has 0 spiro atoms. The van der Waals surface area contributed by atoms with Crippen molar-refractivity contribution in [3.8, 4) is 11.4 Å². The fourth-order valence-corrected chi connectivity index (χ4v) is 2.00. The lowest BCUT2D eigenvalue weighted by Crippen LogP contribution is -2.04. The normalized spacial score (nSPS) is 10.6. The maximum Gasteiger partial charge on any atom is 0.227 e. The van der Waals surface area contributed by atoms with Crippen LogP contribution in [0.5, 0.6) is 0 Å². The van der Waals surface area contributed by atoms with Crippen molar-refractivity contribution in [2.24, 2.45) is 0 Å². The molecule has 1 N–H and O–H groups in total. The molecule has 0 aliphatic heterocycles. The molecule has 0 aliphatic carbocycles. The zero-order chi connectivity index (χ0) is 15.2. The third-order valence-corrected chi connectivity index (χ3v) is 3.11. The highest BCUT2D eigenvalue weighted by Crippen LogP contribution is 2.16. The molecule has 2 aromatic heterocycles. The lowest BCUT2D eigenvalue weighted by molar-refractivity contribution is 0.377. The van der Waals surface area contributed by atoms with Gasteiger partial charge in [-0.15, -0.1) is 0 Å². The lowest BCUT2D eigenvalue weighted by atomic mass is 10.2. The number of rotatable bonds is 6. The maximum atomic E-state index is 12.9. The highest BCUT2D eigenvalue weighted by molar-refractivity contribution is 5.53. The summed E-state index contributed by atoms with van der Waals surface area (Å²) in [6.07, 6.45) is 3.27. The predicted octanol–water partition coefficient (Wildman–Crippen LogP) is 3.32. The van der Waals surface area contributed by atoms with Crippen LogP contribution in [0.4, 0.5) is 10.2 Å². The fraction of sp³-hybridized carbons (Fsp3) is 0.188. The van der Waals surface area contributed by atoms with Crippen LogP contribution in [-0.4, -0.2) is 21.7 Å². The van der Waals surface area contributed by atoms with E-state index in [4.69, 9.17) is 4.52 Å². The molecule has 22 heavy (non-hydrogen) atoms. The van der Waals surface area contributed by atoms with Crippen molar-refractivity contribution >= 4 is 5.82 Å². The molecule has 0 atom stereocenters. The lowest BCUT2D eigenvalue weighted by Gasteiger charge is -2.02. The maximum absolute atomic E-state index is 12.9. The minimum atomic E-state index is -0.284. The summed E-state index contributed by atoms with van der Waals surface area (Å²) in [7, 11) is 0. The quantitative estimate of drug-likeness (QED) is 0.707. The summed E-state index contributed by atoms with van der Waals surface area (Å²) < 4.78 is 18.1. The van der Waals surface area contributed by atoms with Gasteiger partial charge in [-0.25, -0.2) is 9.37 Å². The Hall–Kier alpha value is -2.76. The molecular formula is C16H15FN4O. The summed E-state index contributed by atoms with van der Waals surface area (Å²) in [4.78, 5) is 8.49. The topological polar surface area (TPSA) is 63.8 Å². The van der Waals surface area contributed by atoms with Crippen molar-refractivity contribution < 1.29 is 8.91 Å². The summed E-state index contributed by atoms with van der Waals surface area (Å²) in [6, 6.07) is 11.7. The molecular weight excluding hydrogens is 283 g/mol. The Labute approximate surface area is 127 Å². The van der Waals surface area contributed by atoms with E-state index in [1.807, 2.05) is 18.2 Å². The van der Waals surface area contributed by atoms with E-state index in [1.165, 1.54) is 12.1 Å². The van der Waals surface area contributed by atoms with Gasteiger partial charge in [-0.1, -0.05) is 11.2 Å². The van der Waals surface area contributed by atoms with Gasteiger partial charge in [0.1, 0.15) is 11.6 Å². The minimum absolute atomic E-state index is 0.284. The Morgan fingerprint density at radius 2 is 1.95 bits per heavy atom. The standard InChI is InChI=1S/C16H15FN4O/c17-13-8-6-12(7-9-13)16-20-15(22-21-16)5-3-11-19-14-4-1-2-10-18-14/h1-2,4,6-10H,3,5,11H2,(H,18,19). The van der Waals surface area contributed by atoms with E-state index in [0.29, 0.717) is 18.1 Å². The van der Waals surface area contributed by atoms with Crippen molar-refractivity contribution in [1.29, 1.82) is 0 Å². The highest BCUT2D eigenvalue weighted by atomic mass is 19.1. The van der Waals surface area contributed by atoms with Gasteiger partial charge < -0.3 is 9.84 Å². The number of nitrogens with zero attached hydrogens (tertiary/aromatic N) is 3. The van der Waals surface area contributed by atoms with Crippen molar-refractivity contribution in [1.82, 2.24) is 15.1 Å². The summed E-state index contributed by atoms with van der Waals surface area (Å²) >= 11 is 0. The zero-order valence-electron chi connectivity index (χ0n) is 11.9. The summed E-state index contributed by atoms with van der Waals surface area (Å²) in [6.45, 7) is 0.769. The van der Waals surface area contributed by atoms with Crippen LogP contribution in [0.25, 0.3) is 11.4 Å². The number of nitrogens with one attached hydrogen (secondary N) is 1. The van der Waals surface area contributed by atoms with E-state index in [-0.39, 0.29) is 5.82 Å². The van der Waals surface area contributed by atoms with Gasteiger partial charge in [-0.05, 0) is 42.8 Å². The molecule has 112 valence electrons. The summed E-state index contributed by atoms with van der Waals surface area (Å²) in [5.74, 6) is 1.61. The Morgan fingerprint density at radius 3 is 2.73 bits per heavy atom. The van der Waals surface area contributed by atoms with E-state index in [9.17, 15) is 4.39 Å². The number of aryl methyl sites for hydroxylation is 1. The molecule has 6 heteroatoms. The smallest absolute Gasteiger partial charge is 0.227 e. The summed E-state index contributed by atoms with van der Waals surface area (Å²) in [5, 5.41) is 7.13. The molecule has 0 aliphatic rings. The van der Waals surface area contributed by atoms with Crippen LogP contribution < -0.4 is 5.32 Å². The molecule has 2 heterocycles. The van der Waals surface area contributed by atoms with Crippen molar-refractivity contribution in [2.45, 2.75) is 12.8 Å². The number of anilines is 1. The van der Waals surface area contributed by atoms with Crippen LogP contribution >= 0.6 is 0 Å². The van der Waals surface area contributed by atoms with Crippen LogP contribution in [-0.2, 0) is 6.42 Å². The second kappa shape index (κ2) is 6.80. The van der Waals surface area contributed by atoms with Gasteiger partial charge in [0.2, 0.25) is 11.7 Å². The van der Waals surface area contributed by atoms with E-state index < -0.39 is 0 Å². The second-order valence-electron chi connectivity index (χ2n) is 4.76. The average molecular weight is 298 g/mol. The molecule has 5 nitrogen and oxygen atoms in total. The SMILES string of the molecule is Fc1ccc(-c2noc(CCCNc3ccccn3)n2)cc1. The van der Waals surface area contributed by atoms with E-state index in [2.05, 4.69) is 20.4 Å². The molecule has 0 unspecified atom stereocenters. The van der Waals surface area contributed by atoms with Crippen LogP contribution in [0.1, 0.15) is 12.3 Å². The van der Waals surface area contributed by atoms with Crippen LogP contribution in [0.2, 0.25) is 0 Å². The molecule has 1 aromatic carbocycles. The van der Waals surface area contributed by atoms with Crippen LogP contribution in [0, 0.1) is 5.82 Å². The number of aromatic nitrogens is 3. The zero-order valence-corrected chi connectivity index (χ0v) is 11.9. The average Bonchev–Trinajstić information content (AvgIpc) is 3.02. The predicted molar refractivity (Wildman–Crippen MR) is 80.7 cm³/mol. The number of pyridine rings is 1. The van der Waals surface area contributed by atoms with E-state index in [0.717, 1.165) is 24.3 Å². The summed E-state index contributed by atoms with van der Waals surface area (Å²) in [5.41, 5.74) is 0.739. The first-order valence-electron chi connectivity index (χ1n) is 7.05. The Bertz CT molecular complexity index is 713. The van der Waals surface area contributed by atoms with Gasteiger partial charge in [0.25, 0.3) is 0 Å². The van der Waals surface area contributed by atoms with Gasteiger partial charge in [-0.2, -0.15) is 4.98 Å². The van der Waals surface area contributed by atoms with Gasteiger partial charge in [-0.3, -0.25) is 0 Å². The second-order valence-corrected chi connectivity index (χ2v) is 4.76. The van der Waals surface area contributed by atoms with Gasteiger partial charge in [0, 0.05) is 24.7 Å². The Kier molecular flexibility index (Phi) is 4.38. The Morgan fingerprint density at radius 1 is 1.09 bits per heavy atom. The van der Waals surface area contributed by atoms with Gasteiger partial charge in [0.05, 0.1) is 0 Å². The van der Waals surface area contributed by atoms with E-state index in [1.54, 1.807) is 18.3 Å². The van der Waals surface area contributed by atoms with Gasteiger partial charge in [0.15, 0.2) is 0 Å². The first-order chi connectivity index (χ1) is 10.8. The number of hydrogen-bond donors (Lipinski definition) is 1. The highest BCUT2D eigenvalue weighted by Gasteiger charge is 2.08.